The van der Waals surface area contributed by atoms with Crippen LogP contribution in [0, 0.1) is 0 Å². The molecular weight excluding hydrogens is 372 g/mol. The Morgan fingerprint density at radius 2 is 1.68 bits per heavy atom. The molecule has 0 spiro atoms. The molecule has 2 rings (SSSR count). The maximum atomic E-state index is 11.3. The van der Waals surface area contributed by atoms with Crippen LogP contribution in [0.2, 0.25) is 0 Å². The molecular formula is C22H32N2O3S. The number of likely N-dealkylation sites (N-methyl/N-ethyl adjacent to an activating group) is 1. The predicted octanol–water partition coefficient (Wildman–Crippen LogP) is 4.12. The minimum absolute atomic E-state index is 0.284. The standard InChI is InChI=1S/C22H32N2O3S/c1-17(2)21-8-6-7-9-22(21)27-16-18(3)24(4)15-14-19-10-12-20(13-11-19)23-28(5,25)26/h6-13,17-18,23H,14-16H2,1-5H3. The van der Waals surface area contributed by atoms with E-state index < -0.39 is 10.0 Å². The van der Waals surface area contributed by atoms with Gasteiger partial charge in [0.15, 0.2) is 0 Å². The lowest BCUT2D eigenvalue weighted by Gasteiger charge is -2.25. The molecule has 28 heavy (non-hydrogen) atoms. The molecule has 1 unspecified atom stereocenters. The highest BCUT2D eigenvalue weighted by molar-refractivity contribution is 7.92. The third-order valence-corrected chi connectivity index (χ3v) is 5.39. The zero-order valence-electron chi connectivity index (χ0n) is 17.5. The molecule has 0 radical (unpaired) electrons. The van der Waals surface area contributed by atoms with Gasteiger partial charge in [0, 0.05) is 18.3 Å². The van der Waals surface area contributed by atoms with E-state index in [9.17, 15) is 8.42 Å². The van der Waals surface area contributed by atoms with Crippen LogP contribution in [0.4, 0.5) is 5.69 Å². The smallest absolute Gasteiger partial charge is 0.229 e. The summed E-state index contributed by atoms with van der Waals surface area (Å²) in [4.78, 5) is 2.28. The highest BCUT2D eigenvalue weighted by Gasteiger charge is 2.13. The Hall–Kier alpha value is -2.05. The molecule has 6 heteroatoms. The minimum atomic E-state index is -3.24. The molecule has 2 aromatic carbocycles. The van der Waals surface area contributed by atoms with E-state index in [0.29, 0.717) is 18.2 Å². The first kappa shape index (κ1) is 22.2. The topological polar surface area (TPSA) is 58.6 Å². The Kier molecular flexibility index (Phi) is 7.89. The highest BCUT2D eigenvalue weighted by atomic mass is 32.2. The molecule has 0 amide bonds. The Morgan fingerprint density at radius 1 is 1.04 bits per heavy atom. The minimum Gasteiger partial charge on any atom is -0.492 e. The predicted molar refractivity (Wildman–Crippen MR) is 117 cm³/mol. The number of nitrogens with zero attached hydrogens (tertiary/aromatic N) is 1. The van der Waals surface area contributed by atoms with Crippen LogP contribution in [0.3, 0.4) is 0 Å². The number of anilines is 1. The van der Waals surface area contributed by atoms with E-state index in [0.717, 1.165) is 25.0 Å². The molecule has 0 aliphatic rings. The summed E-state index contributed by atoms with van der Waals surface area (Å²) in [5.41, 5.74) is 2.99. The van der Waals surface area contributed by atoms with Crippen molar-refractivity contribution in [2.24, 2.45) is 0 Å². The summed E-state index contributed by atoms with van der Waals surface area (Å²) >= 11 is 0. The van der Waals surface area contributed by atoms with Gasteiger partial charge in [-0.2, -0.15) is 0 Å². The van der Waals surface area contributed by atoms with Gasteiger partial charge < -0.3 is 4.74 Å². The van der Waals surface area contributed by atoms with Crippen molar-refractivity contribution in [2.45, 2.75) is 39.2 Å². The summed E-state index contributed by atoms with van der Waals surface area (Å²) in [6.07, 6.45) is 2.04. The quantitative estimate of drug-likeness (QED) is 0.647. The Balaban J connectivity index is 1.83. The number of benzene rings is 2. The first-order chi connectivity index (χ1) is 13.2. The van der Waals surface area contributed by atoms with Gasteiger partial charge in [-0.15, -0.1) is 0 Å². The lowest BCUT2D eigenvalue weighted by Crippen LogP contribution is -2.35. The van der Waals surface area contributed by atoms with Gasteiger partial charge >= 0.3 is 0 Å². The van der Waals surface area contributed by atoms with Crippen molar-refractivity contribution in [1.82, 2.24) is 4.90 Å². The summed E-state index contributed by atoms with van der Waals surface area (Å²) in [6, 6.07) is 16.0. The average molecular weight is 405 g/mol. The summed E-state index contributed by atoms with van der Waals surface area (Å²) in [5.74, 6) is 1.40. The monoisotopic (exact) mass is 404 g/mol. The molecule has 5 nitrogen and oxygen atoms in total. The molecule has 0 heterocycles. The summed E-state index contributed by atoms with van der Waals surface area (Å²) in [6.45, 7) is 8.05. The number of rotatable bonds is 10. The number of para-hydroxylation sites is 1. The number of ether oxygens (including phenoxy) is 1. The third kappa shape index (κ3) is 7.17. The zero-order valence-corrected chi connectivity index (χ0v) is 18.3. The molecule has 0 bridgehead atoms. The summed E-state index contributed by atoms with van der Waals surface area (Å²) in [7, 11) is -1.14. The van der Waals surface area contributed by atoms with Crippen LogP contribution in [0.25, 0.3) is 0 Å². The molecule has 0 aromatic heterocycles. The van der Waals surface area contributed by atoms with Crippen molar-refractivity contribution >= 4 is 15.7 Å². The maximum absolute atomic E-state index is 11.3. The van der Waals surface area contributed by atoms with Gasteiger partial charge in [-0.05, 0) is 55.6 Å². The number of sulfonamides is 1. The van der Waals surface area contributed by atoms with E-state index >= 15 is 0 Å². The van der Waals surface area contributed by atoms with Crippen LogP contribution in [-0.2, 0) is 16.4 Å². The molecule has 1 N–H and O–H groups in total. The fraction of sp³-hybridized carbons (Fsp3) is 0.455. The molecule has 0 saturated carbocycles. The Labute approximate surface area is 169 Å². The molecule has 2 aromatic rings. The Morgan fingerprint density at radius 3 is 2.29 bits per heavy atom. The van der Waals surface area contributed by atoms with Gasteiger partial charge in [-0.25, -0.2) is 8.42 Å². The van der Waals surface area contributed by atoms with Crippen molar-refractivity contribution in [1.29, 1.82) is 0 Å². The van der Waals surface area contributed by atoms with Crippen molar-refractivity contribution in [3.8, 4) is 5.75 Å². The largest absolute Gasteiger partial charge is 0.492 e. The highest BCUT2D eigenvalue weighted by Crippen LogP contribution is 2.26. The molecule has 154 valence electrons. The van der Waals surface area contributed by atoms with E-state index in [1.807, 2.05) is 24.3 Å². The van der Waals surface area contributed by atoms with E-state index in [2.05, 4.69) is 49.6 Å². The summed E-state index contributed by atoms with van der Waals surface area (Å²) < 4.78 is 31.1. The van der Waals surface area contributed by atoms with Gasteiger partial charge in [0.25, 0.3) is 0 Å². The molecule has 0 aliphatic heterocycles. The van der Waals surface area contributed by atoms with E-state index in [4.69, 9.17) is 4.74 Å². The number of nitrogens with one attached hydrogen (secondary N) is 1. The van der Waals surface area contributed by atoms with Gasteiger partial charge in [-0.1, -0.05) is 44.2 Å². The van der Waals surface area contributed by atoms with E-state index in [1.54, 1.807) is 12.1 Å². The van der Waals surface area contributed by atoms with Crippen LogP contribution in [0.5, 0.6) is 5.75 Å². The van der Waals surface area contributed by atoms with E-state index in [1.165, 1.54) is 11.1 Å². The van der Waals surface area contributed by atoms with Crippen LogP contribution in [-0.4, -0.2) is 45.8 Å². The second-order valence-corrected chi connectivity index (χ2v) is 9.40. The van der Waals surface area contributed by atoms with Gasteiger partial charge in [0.2, 0.25) is 10.0 Å². The number of hydrogen-bond acceptors (Lipinski definition) is 4. The van der Waals surface area contributed by atoms with Crippen LogP contribution < -0.4 is 9.46 Å². The van der Waals surface area contributed by atoms with Crippen molar-refractivity contribution in [3.05, 3.63) is 59.7 Å². The van der Waals surface area contributed by atoms with Crippen molar-refractivity contribution in [3.63, 3.8) is 0 Å². The normalized spacial score (nSPS) is 13.0. The van der Waals surface area contributed by atoms with Crippen molar-refractivity contribution in [2.75, 3.05) is 31.2 Å². The molecule has 0 aliphatic carbocycles. The SMILES string of the molecule is CC(C)c1ccccc1OCC(C)N(C)CCc1ccc(NS(C)(=O)=O)cc1. The Bertz CT molecular complexity index is 848. The molecule has 0 saturated heterocycles. The zero-order chi connectivity index (χ0) is 20.7. The lowest BCUT2D eigenvalue weighted by molar-refractivity contribution is 0.173. The first-order valence-corrected chi connectivity index (χ1v) is 11.5. The van der Waals surface area contributed by atoms with Crippen molar-refractivity contribution < 1.29 is 13.2 Å². The second-order valence-electron chi connectivity index (χ2n) is 7.65. The van der Waals surface area contributed by atoms with Gasteiger partial charge in [-0.3, -0.25) is 9.62 Å². The fourth-order valence-corrected chi connectivity index (χ4v) is 3.47. The molecule has 0 fully saturated rings. The maximum Gasteiger partial charge on any atom is 0.229 e. The van der Waals surface area contributed by atoms with Gasteiger partial charge in [0.05, 0.1) is 6.26 Å². The summed E-state index contributed by atoms with van der Waals surface area (Å²) in [5, 5.41) is 0. The average Bonchev–Trinajstić information content (AvgIpc) is 2.64. The third-order valence-electron chi connectivity index (χ3n) is 4.78. The van der Waals surface area contributed by atoms with Crippen LogP contribution >= 0.6 is 0 Å². The second kappa shape index (κ2) is 9.94. The lowest BCUT2D eigenvalue weighted by atomic mass is 10.0. The molecule has 1 atom stereocenters. The number of hydrogen-bond donors (Lipinski definition) is 1. The van der Waals surface area contributed by atoms with Gasteiger partial charge in [0.1, 0.15) is 12.4 Å². The van der Waals surface area contributed by atoms with Crippen LogP contribution in [0.1, 0.15) is 37.8 Å². The van der Waals surface area contributed by atoms with E-state index in [-0.39, 0.29) is 6.04 Å². The first-order valence-electron chi connectivity index (χ1n) is 9.64. The fourth-order valence-electron chi connectivity index (χ4n) is 2.91. The van der Waals surface area contributed by atoms with Crippen LogP contribution in [0.15, 0.2) is 48.5 Å².